The van der Waals surface area contributed by atoms with Gasteiger partial charge < -0.3 is 53.6 Å². The first-order chi connectivity index (χ1) is 27.1. The third-order valence-electron chi connectivity index (χ3n) is 11.1. The second-order valence-corrected chi connectivity index (χ2v) is 16.7. The SMILES string of the molecule is CCCCCCCCCCCCCCCCOCC(O)C[n+]1ccn(CCCn2cc[n+](CC(O)COCCCCCCCCCCCCCCCC)c2)c1.[Br-].[Br-]. The molecular formula is C47H90Br2N4O4. The van der Waals surface area contributed by atoms with Gasteiger partial charge in [0.25, 0.3) is 0 Å². The lowest BCUT2D eigenvalue weighted by atomic mass is 10.0. The zero-order valence-electron chi connectivity index (χ0n) is 37.0. The van der Waals surface area contributed by atoms with Gasteiger partial charge in [-0.05, 0) is 12.8 Å². The zero-order chi connectivity index (χ0) is 39.3. The molecule has 0 aromatic carbocycles. The standard InChI is InChI=1S/C47H90N4O4.2BrH/c1-3-5-7-9-11-13-15-17-19-21-23-25-27-29-38-54-42-46(52)40-50-36-34-48(44-50)32-31-33-49-35-37-51(45-49)41-47(53)43-55-39-30-28-26-24-22-20-18-16-14-12-10-8-6-4-2;;/h34-37,44-47,52-53H,3-33,38-43H2,1-2H3;2*1H/q+2;;/p-2. The van der Waals surface area contributed by atoms with Crippen LogP contribution < -0.4 is 43.1 Å². The van der Waals surface area contributed by atoms with Crippen molar-refractivity contribution in [2.24, 2.45) is 0 Å². The minimum Gasteiger partial charge on any atom is -1.00 e. The fourth-order valence-electron chi connectivity index (χ4n) is 7.62. The molecule has 0 amide bonds. The molecule has 2 aromatic rings. The molecule has 0 bridgehead atoms. The largest absolute Gasteiger partial charge is 1.00 e. The Labute approximate surface area is 372 Å². The van der Waals surface area contributed by atoms with Crippen molar-refractivity contribution in [1.29, 1.82) is 0 Å². The molecule has 2 N–H and O–H groups in total. The second-order valence-electron chi connectivity index (χ2n) is 16.7. The Hall–Kier alpha value is -0.780. The van der Waals surface area contributed by atoms with Crippen molar-refractivity contribution in [3.8, 4) is 0 Å². The number of rotatable bonds is 42. The number of aliphatic hydroxyl groups excluding tert-OH is 2. The van der Waals surface area contributed by atoms with Crippen molar-refractivity contribution in [3.63, 3.8) is 0 Å². The van der Waals surface area contributed by atoms with Gasteiger partial charge in [0.1, 0.15) is 50.1 Å². The maximum absolute atomic E-state index is 10.5. The van der Waals surface area contributed by atoms with Crippen molar-refractivity contribution < 1.29 is 62.8 Å². The number of imidazole rings is 2. The van der Waals surface area contributed by atoms with Crippen LogP contribution in [0.25, 0.3) is 0 Å². The molecule has 2 heterocycles. The van der Waals surface area contributed by atoms with E-state index in [0.29, 0.717) is 26.3 Å². The highest BCUT2D eigenvalue weighted by atomic mass is 79.9. The molecule has 336 valence electrons. The van der Waals surface area contributed by atoms with Crippen LogP contribution in [0.5, 0.6) is 0 Å². The zero-order valence-corrected chi connectivity index (χ0v) is 40.2. The van der Waals surface area contributed by atoms with E-state index in [-0.39, 0.29) is 34.0 Å². The van der Waals surface area contributed by atoms with Crippen LogP contribution in [0, 0.1) is 0 Å². The van der Waals surface area contributed by atoms with Crippen LogP contribution in [0.1, 0.15) is 200 Å². The highest BCUT2D eigenvalue weighted by Crippen LogP contribution is 2.14. The number of ether oxygens (including phenoxy) is 2. The lowest BCUT2D eigenvalue weighted by Crippen LogP contribution is -3.00. The monoisotopic (exact) mass is 933 g/mol. The summed E-state index contributed by atoms with van der Waals surface area (Å²) in [6.07, 6.45) is 50.4. The van der Waals surface area contributed by atoms with Gasteiger partial charge in [0.05, 0.1) is 26.3 Å². The van der Waals surface area contributed by atoms with Crippen LogP contribution in [-0.4, -0.2) is 58.0 Å². The molecule has 2 atom stereocenters. The van der Waals surface area contributed by atoms with Crippen LogP contribution in [0.2, 0.25) is 0 Å². The first-order valence-corrected chi connectivity index (χ1v) is 23.7. The van der Waals surface area contributed by atoms with Crippen LogP contribution in [0.15, 0.2) is 37.4 Å². The van der Waals surface area contributed by atoms with Gasteiger partial charge in [0.2, 0.25) is 12.7 Å². The number of hydrogen-bond acceptors (Lipinski definition) is 4. The third kappa shape index (κ3) is 34.6. The Kier molecular flexibility index (Phi) is 41.4. The molecule has 2 rings (SSSR count). The molecule has 0 saturated carbocycles. The number of aromatic nitrogens is 4. The normalized spacial score (nSPS) is 12.4. The van der Waals surface area contributed by atoms with Gasteiger partial charge in [-0.2, -0.15) is 0 Å². The lowest BCUT2D eigenvalue weighted by molar-refractivity contribution is -0.703. The molecular weight excluding hydrogens is 844 g/mol. The van der Waals surface area contributed by atoms with Crippen LogP contribution >= 0.6 is 0 Å². The van der Waals surface area contributed by atoms with Crippen molar-refractivity contribution in [2.45, 2.75) is 238 Å². The van der Waals surface area contributed by atoms with Gasteiger partial charge in [-0.1, -0.05) is 181 Å². The Morgan fingerprint density at radius 2 is 0.702 bits per heavy atom. The average Bonchev–Trinajstić information content (AvgIpc) is 3.83. The van der Waals surface area contributed by atoms with E-state index in [1.807, 2.05) is 21.5 Å². The first-order valence-electron chi connectivity index (χ1n) is 23.7. The Morgan fingerprint density at radius 1 is 0.421 bits per heavy atom. The van der Waals surface area contributed by atoms with Crippen molar-refractivity contribution >= 4 is 0 Å². The van der Waals surface area contributed by atoms with Crippen LogP contribution in [0.4, 0.5) is 0 Å². The van der Waals surface area contributed by atoms with Gasteiger partial charge in [0, 0.05) is 19.6 Å². The molecule has 2 unspecified atom stereocenters. The minimum absolute atomic E-state index is 0. The molecule has 0 radical (unpaired) electrons. The molecule has 10 heteroatoms. The van der Waals surface area contributed by atoms with E-state index in [0.717, 1.165) is 45.6 Å². The van der Waals surface area contributed by atoms with E-state index in [4.69, 9.17) is 9.47 Å². The fraction of sp³-hybridized carbons (Fsp3) is 0.872. The summed E-state index contributed by atoms with van der Waals surface area (Å²) in [5, 5.41) is 21.0. The summed E-state index contributed by atoms with van der Waals surface area (Å²) in [4.78, 5) is 0. The summed E-state index contributed by atoms with van der Waals surface area (Å²) in [5.41, 5.74) is 0. The quantitative estimate of drug-likeness (QED) is 0.0751. The highest BCUT2D eigenvalue weighted by Gasteiger charge is 2.13. The highest BCUT2D eigenvalue weighted by molar-refractivity contribution is 4.70. The summed E-state index contributed by atoms with van der Waals surface area (Å²) in [6.45, 7) is 9.76. The summed E-state index contributed by atoms with van der Waals surface area (Å²) in [7, 11) is 0. The predicted molar refractivity (Wildman–Crippen MR) is 228 cm³/mol. The number of halogens is 2. The molecule has 0 saturated heterocycles. The number of unbranched alkanes of at least 4 members (excludes halogenated alkanes) is 26. The summed E-state index contributed by atoms with van der Waals surface area (Å²) < 4.78 is 20.0. The maximum Gasteiger partial charge on any atom is 0.243 e. The number of aliphatic hydroxyl groups is 2. The minimum atomic E-state index is -0.493. The van der Waals surface area contributed by atoms with E-state index in [9.17, 15) is 10.2 Å². The molecule has 0 fully saturated rings. The van der Waals surface area contributed by atoms with Crippen molar-refractivity contribution in [3.05, 3.63) is 37.4 Å². The van der Waals surface area contributed by atoms with E-state index in [2.05, 4.69) is 48.0 Å². The summed E-state index contributed by atoms with van der Waals surface area (Å²) in [6, 6.07) is 0. The van der Waals surface area contributed by atoms with E-state index in [1.165, 1.54) is 167 Å². The van der Waals surface area contributed by atoms with Crippen molar-refractivity contribution in [1.82, 2.24) is 9.13 Å². The van der Waals surface area contributed by atoms with E-state index < -0.39 is 12.2 Å². The summed E-state index contributed by atoms with van der Waals surface area (Å²) >= 11 is 0. The van der Waals surface area contributed by atoms with Gasteiger partial charge >= 0.3 is 0 Å². The van der Waals surface area contributed by atoms with Gasteiger partial charge in [-0.15, -0.1) is 0 Å². The fourth-order valence-corrected chi connectivity index (χ4v) is 7.62. The molecule has 8 nitrogen and oxygen atoms in total. The molecule has 2 aromatic heterocycles. The van der Waals surface area contributed by atoms with Crippen molar-refractivity contribution in [2.75, 3.05) is 26.4 Å². The Balaban J connectivity index is 0.0000157. The Bertz CT molecular complexity index is 1010. The van der Waals surface area contributed by atoms with E-state index in [1.54, 1.807) is 0 Å². The summed E-state index contributed by atoms with van der Waals surface area (Å²) in [5.74, 6) is 0. The number of aryl methyl sites for hydroxylation is 2. The molecule has 0 aliphatic carbocycles. The smallest absolute Gasteiger partial charge is 0.243 e. The van der Waals surface area contributed by atoms with Crippen LogP contribution in [-0.2, 0) is 35.7 Å². The Morgan fingerprint density at radius 3 is 1.00 bits per heavy atom. The van der Waals surface area contributed by atoms with Crippen LogP contribution in [0.3, 0.4) is 0 Å². The molecule has 0 aliphatic heterocycles. The van der Waals surface area contributed by atoms with Gasteiger partial charge in [-0.3, -0.25) is 0 Å². The molecule has 57 heavy (non-hydrogen) atoms. The topological polar surface area (TPSA) is 76.5 Å². The average molecular weight is 935 g/mol. The second kappa shape index (κ2) is 41.9. The number of hydrogen-bond donors (Lipinski definition) is 2. The molecule has 0 spiro atoms. The lowest BCUT2D eigenvalue weighted by Gasteiger charge is -2.09. The first kappa shape index (κ1) is 56.2. The number of nitrogens with zero attached hydrogens (tertiary/aromatic N) is 4. The maximum atomic E-state index is 10.5. The van der Waals surface area contributed by atoms with Gasteiger partial charge in [-0.25, -0.2) is 18.3 Å². The van der Waals surface area contributed by atoms with Gasteiger partial charge in [0.15, 0.2) is 0 Å². The molecule has 0 aliphatic rings. The van der Waals surface area contributed by atoms with E-state index >= 15 is 0 Å². The third-order valence-corrected chi connectivity index (χ3v) is 11.1. The predicted octanol–water partition coefficient (Wildman–Crippen LogP) is 4.68.